The molecule has 0 unspecified atom stereocenters. The van der Waals surface area contributed by atoms with Crippen molar-refractivity contribution in [3.63, 3.8) is 0 Å². The van der Waals surface area contributed by atoms with Crippen molar-refractivity contribution in [3.05, 3.63) is 28.2 Å². The molecule has 1 rings (SSSR count). The molecule has 100 valence electrons. The molecule has 0 aliphatic heterocycles. The molecule has 0 aliphatic rings. The van der Waals surface area contributed by atoms with E-state index in [1.54, 1.807) is 0 Å². The number of hydrogen-bond donors (Lipinski definition) is 3. The van der Waals surface area contributed by atoms with Gasteiger partial charge in [-0.05, 0) is 53.4 Å². The van der Waals surface area contributed by atoms with Gasteiger partial charge in [-0.15, -0.1) is 0 Å². The molecule has 0 saturated heterocycles. The molecule has 18 heavy (non-hydrogen) atoms. The topological polar surface area (TPSA) is 73.3 Å². The van der Waals surface area contributed by atoms with Crippen LogP contribution < -0.4 is 10.6 Å². The maximum atomic E-state index is 8.72. The number of benzene rings is 1. The predicted octanol–water partition coefficient (Wildman–Crippen LogP) is 2.33. The Morgan fingerprint density at radius 3 is 2.67 bits per heavy atom. The number of nitrogens with one attached hydrogen (secondary N) is 1. The van der Waals surface area contributed by atoms with E-state index >= 15 is 0 Å². The summed E-state index contributed by atoms with van der Waals surface area (Å²) < 4.78 is 0.944. The Labute approximate surface area is 116 Å². The second-order valence-electron chi connectivity index (χ2n) is 4.29. The monoisotopic (exact) mass is 313 g/mol. The highest BCUT2D eigenvalue weighted by atomic mass is 79.9. The molecule has 1 aromatic rings. The summed E-state index contributed by atoms with van der Waals surface area (Å²) in [6.45, 7) is 1.21. The second-order valence-corrected chi connectivity index (χ2v) is 5.14. The molecule has 0 spiro atoms. The van der Waals surface area contributed by atoms with Crippen molar-refractivity contribution in [1.29, 1.82) is 5.41 Å². The van der Waals surface area contributed by atoms with Gasteiger partial charge in [-0.25, -0.2) is 0 Å². The fourth-order valence-electron chi connectivity index (χ4n) is 1.74. The van der Waals surface area contributed by atoms with Crippen LogP contribution in [0.3, 0.4) is 0 Å². The van der Waals surface area contributed by atoms with Crippen LogP contribution in [-0.4, -0.2) is 31.1 Å². The number of halogens is 1. The van der Waals surface area contributed by atoms with Crippen molar-refractivity contribution < 1.29 is 5.11 Å². The highest BCUT2D eigenvalue weighted by Crippen LogP contribution is 2.26. The summed E-state index contributed by atoms with van der Waals surface area (Å²) in [6.07, 6.45) is 2.94. The van der Waals surface area contributed by atoms with Crippen LogP contribution in [0.2, 0.25) is 0 Å². The number of anilines is 1. The normalized spacial score (nSPS) is 10.4. The lowest BCUT2D eigenvalue weighted by atomic mass is 10.1. The van der Waals surface area contributed by atoms with Gasteiger partial charge in [-0.3, -0.25) is 5.41 Å². The van der Waals surface area contributed by atoms with Crippen LogP contribution in [0.25, 0.3) is 0 Å². The fraction of sp³-hybridized carbons (Fsp3) is 0.462. The van der Waals surface area contributed by atoms with E-state index in [-0.39, 0.29) is 12.4 Å². The van der Waals surface area contributed by atoms with Gasteiger partial charge in [-0.2, -0.15) is 0 Å². The quantitative estimate of drug-likeness (QED) is 0.411. The maximum absolute atomic E-state index is 8.72. The molecule has 1 aromatic carbocycles. The summed E-state index contributed by atoms with van der Waals surface area (Å²) in [5, 5.41) is 16.1. The van der Waals surface area contributed by atoms with Gasteiger partial charge in [0.05, 0.1) is 5.69 Å². The highest BCUT2D eigenvalue weighted by molar-refractivity contribution is 9.10. The molecular weight excluding hydrogens is 294 g/mol. The van der Waals surface area contributed by atoms with Gasteiger partial charge in [-0.1, -0.05) is 0 Å². The minimum absolute atomic E-state index is 0.0767. The van der Waals surface area contributed by atoms with E-state index in [9.17, 15) is 0 Å². The molecule has 0 radical (unpaired) electrons. The van der Waals surface area contributed by atoms with Crippen molar-refractivity contribution in [1.82, 2.24) is 0 Å². The Morgan fingerprint density at radius 2 is 2.11 bits per heavy atom. The van der Waals surface area contributed by atoms with Crippen molar-refractivity contribution >= 4 is 27.5 Å². The summed E-state index contributed by atoms with van der Waals surface area (Å²) in [5.74, 6) is 0.0767. The van der Waals surface area contributed by atoms with Gasteiger partial charge in [0.1, 0.15) is 5.84 Å². The second kappa shape index (κ2) is 7.38. The number of amidine groups is 1. The number of nitrogens with two attached hydrogens (primary N) is 1. The molecule has 5 heteroatoms. The van der Waals surface area contributed by atoms with E-state index in [0.29, 0.717) is 0 Å². The van der Waals surface area contributed by atoms with Gasteiger partial charge in [0.25, 0.3) is 0 Å². The van der Waals surface area contributed by atoms with Crippen LogP contribution in [0.1, 0.15) is 24.8 Å². The molecule has 0 aromatic heterocycles. The average Bonchev–Trinajstić information content (AvgIpc) is 2.34. The summed E-state index contributed by atoms with van der Waals surface area (Å²) >= 11 is 3.50. The third-order valence-electron chi connectivity index (χ3n) is 2.82. The minimum Gasteiger partial charge on any atom is -0.396 e. The molecule has 0 aliphatic carbocycles. The first kappa shape index (κ1) is 15.0. The Hall–Kier alpha value is -1.07. The molecule has 0 bridgehead atoms. The Bertz CT molecular complexity index is 409. The standard InChI is InChI=1S/C13H20BrN3O/c1-17(7-3-2-4-8-18)12-6-5-10(13(15)16)9-11(12)14/h5-6,9,18H,2-4,7-8H2,1H3,(H3,15,16). The van der Waals surface area contributed by atoms with Crippen LogP contribution in [0.15, 0.2) is 22.7 Å². The first-order valence-electron chi connectivity index (χ1n) is 6.02. The van der Waals surface area contributed by atoms with E-state index in [1.165, 1.54) is 0 Å². The summed E-state index contributed by atoms with van der Waals surface area (Å²) in [5.41, 5.74) is 7.26. The number of aliphatic hydroxyl groups excluding tert-OH is 1. The van der Waals surface area contributed by atoms with Crippen LogP contribution in [-0.2, 0) is 0 Å². The lowest BCUT2D eigenvalue weighted by Crippen LogP contribution is -2.19. The van der Waals surface area contributed by atoms with Gasteiger partial charge < -0.3 is 15.7 Å². The van der Waals surface area contributed by atoms with Gasteiger partial charge in [0.15, 0.2) is 0 Å². The number of nitrogens with zero attached hydrogens (tertiary/aromatic N) is 1. The van der Waals surface area contributed by atoms with Gasteiger partial charge >= 0.3 is 0 Å². The van der Waals surface area contributed by atoms with Crippen molar-refractivity contribution in [2.75, 3.05) is 25.1 Å². The zero-order valence-corrected chi connectivity index (χ0v) is 12.2. The first-order chi connectivity index (χ1) is 8.56. The summed E-state index contributed by atoms with van der Waals surface area (Å²) in [6, 6.07) is 5.68. The predicted molar refractivity (Wildman–Crippen MR) is 79.4 cm³/mol. The number of nitrogen functional groups attached to an aromatic ring is 1. The molecule has 4 nitrogen and oxygen atoms in total. The molecule has 0 heterocycles. The lowest BCUT2D eigenvalue weighted by Gasteiger charge is -2.21. The Morgan fingerprint density at radius 1 is 1.39 bits per heavy atom. The summed E-state index contributed by atoms with van der Waals surface area (Å²) in [7, 11) is 2.03. The van der Waals surface area contributed by atoms with Crippen LogP contribution in [0.5, 0.6) is 0 Å². The zero-order valence-electron chi connectivity index (χ0n) is 10.6. The zero-order chi connectivity index (χ0) is 13.5. The third kappa shape index (κ3) is 4.31. The molecule has 4 N–H and O–H groups in total. The van der Waals surface area contributed by atoms with E-state index < -0.39 is 0 Å². The first-order valence-corrected chi connectivity index (χ1v) is 6.81. The van der Waals surface area contributed by atoms with Crippen LogP contribution in [0.4, 0.5) is 5.69 Å². The minimum atomic E-state index is 0.0767. The highest BCUT2D eigenvalue weighted by Gasteiger charge is 2.07. The van der Waals surface area contributed by atoms with E-state index in [2.05, 4.69) is 20.8 Å². The van der Waals surface area contributed by atoms with E-state index in [1.807, 2.05) is 25.2 Å². The van der Waals surface area contributed by atoms with E-state index in [4.69, 9.17) is 16.2 Å². The Kier molecular flexibility index (Phi) is 6.15. The average molecular weight is 314 g/mol. The third-order valence-corrected chi connectivity index (χ3v) is 3.46. The summed E-state index contributed by atoms with van der Waals surface area (Å²) in [4.78, 5) is 2.16. The number of rotatable bonds is 7. The largest absolute Gasteiger partial charge is 0.396 e. The molecule has 0 saturated carbocycles. The SMILES string of the molecule is CN(CCCCCO)c1ccc(C(=N)N)cc1Br. The molecule has 0 fully saturated rings. The molecule has 0 atom stereocenters. The smallest absolute Gasteiger partial charge is 0.122 e. The van der Waals surface area contributed by atoms with Crippen molar-refractivity contribution in [2.24, 2.45) is 5.73 Å². The van der Waals surface area contributed by atoms with E-state index in [0.717, 1.165) is 41.5 Å². The van der Waals surface area contributed by atoms with Crippen LogP contribution >= 0.6 is 15.9 Å². The lowest BCUT2D eigenvalue weighted by molar-refractivity contribution is 0.283. The van der Waals surface area contributed by atoms with Crippen LogP contribution in [0, 0.1) is 5.41 Å². The number of unbranched alkanes of at least 4 members (excludes halogenated alkanes) is 2. The van der Waals surface area contributed by atoms with Crippen molar-refractivity contribution in [2.45, 2.75) is 19.3 Å². The number of hydrogen-bond acceptors (Lipinski definition) is 3. The molecule has 0 amide bonds. The van der Waals surface area contributed by atoms with Gasteiger partial charge in [0, 0.05) is 30.2 Å². The molecular formula is C13H20BrN3O. The van der Waals surface area contributed by atoms with Gasteiger partial charge in [0.2, 0.25) is 0 Å². The maximum Gasteiger partial charge on any atom is 0.122 e. The Balaban J connectivity index is 2.62. The fourth-order valence-corrected chi connectivity index (χ4v) is 2.42. The number of aliphatic hydroxyl groups is 1. The van der Waals surface area contributed by atoms with Crippen molar-refractivity contribution in [3.8, 4) is 0 Å².